The SMILES string of the molecule is [C-]#[N+]C(=CC=Cc1ccc(N(CC)CC)cc1)C(=C(C#N)[N+]#[C-])c1ccc(C(F)(F)F)cc1. The Bertz CT molecular complexity index is 1160. The predicted molar refractivity (Wildman–Crippen MR) is 124 cm³/mol. The lowest BCUT2D eigenvalue weighted by Gasteiger charge is -2.20. The summed E-state index contributed by atoms with van der Waals surface area (Å²) < 4.78 is 38.7. The molecule has 0 atom stereocenters. The van der Waals surface area contributed by atoms with E-state index in [-0.39, 0.29) is 22.5 Å². The topological polar surface area (TPSA) is 35.8 Å². The first kappa shape index (κ1) is 25.0. The number of halogens is 3. The molecule has 0 aliphatic heterocycles. The van der Waals surface area contributed by atoms with Crippen LogP contribution in [0.5, 0.6) is 0 Å². The third-order valence-corrected chi connectivity index (χ3v) is 4.90. The van der Waals surface area contributed by atoms with Crippen LogP contribution in [0.25, 0.3) is 21.3 Å². The second-order valence-corrected chi connectivity index (χ2v) is 6.81. The van der Waals surface area contributed by atoms with E-state index in [9.17, 15) is 18.4 Å². The summed E-state index contributed by atoms with van der Waals surface area (Å²) in [5.41, 5.74) is 0.933. The predicted octanol–water partition coefficient (Wildman–Crippen LogP) is 7.22. The lowest BCUT2D eigenvalue weighted by molar-refractivity contribution is -0.137. The molecule has 0 radical (unpaired) electrons. The van der Waals surface area contributed by atoms with Crippen LogP contribution in [0.1, 0.15) is 30.5 Å². The summed E-state index contributed by atoms with van der Waals surface area (Å²) in [6, 6.07) is 13.6. The summed E-state index contributed by atoms with van der Waals surface area (Å²) >= 11 is 0. The molecule has 0 heterocycles. The van der Waals surface area contributed by atoms with E-state index in [1.807, 2.05) is 24.3 Å². The zero-order chi connectivity index (χ0) is 24.4. The van der Waals surface area contributed by atoms with Gasteiger partial charge in [0, 0.05) is 24.4 Å². The molecule has 0 saturated carbocycles. The van der Waals surface area contributed by atoms with E-state index in [1.165, 1.54) is 6.08 Å². The normalized spacial score (nSPS) is 12.5. The lowest BCUT2D eigenvalue weighted by Crippen LogP contribution is -2.21. The zero-order valence-electron chi connectivity index (χ0n) is 18.2. The number of rotatable bonds is 7. The molecular weight excluding hydrogens is 425 g/mol. The van der Waals surface area contributed by atoms with E-state index < -0.39 is 11.7 Å². The molecule has 0 bridgehead atoms. The van der Waals surface area contributed by atoms with Gasteiger partial charge in [-0.3, -0.25) is 0 Å². The van der Waals surface area contributed by atoms with Crippen LogP contribution in [0, 0.1) is 24.5 Å². The van der Waals surface area contributed by atoms with E-state index in [4.69, 9.17) is 13.1 Å². The van der Waals surface area contributed by atoms with Gasteiger partial charge in [0.1, 0.15) is 0 Å². The molecule has 0 N–H and O–H groups in total. The third kappa shape index (κ3) is 6.35. The van der Waals surface area contributed by atoms with Crippen LogP contribution in [0.4, 0.5) is 18.9 Å². The van der Waals surface area contributed by atoms with E-state index >= 15 is 0 Å². The van der Waals surface area contributed by atoms with Gasteiger partial charge in [0.05, 0.1) is 24.8 Å². The molecule has 2 aromatic carbocycles. The summed E-state index contributed by atoms with van der Waals surface area (Å²) in [4.78, 5) is 8.79. The molecule has 7 heteroatoms. The van der Waals surface area contributed by atoms with Gasteiger partial charge >= 0.3 is 6.18 Å². The van der Waals surface area contributed by atoms with Crippen molar-refractivity contribution in [1.29, 1.82) is 5.26 Å². The second-order valence-electron chi connectivity index (χ2n) is 6.81. The summed E-state index contributed by atoms with van der Waals surface area (Å²) in [6.07, 6.45) is 0.317. The fourth-order valence-electron chi connectivity index (χ4n) is 3.18. The number of nitrogens with zero attached hydrogens (tertiary/aromatic N) is 4. The Balaban J connectivity index is 2.41. The highest BCUT2D eigenvalue weighted by Gasteiger charge is 2.30. The number of nitriles is 1. The van der Waals surface area contributed by atoms with Gasteiger partial charge in [-0.2, -0.15) is 13.2 Å². The van der Waals surface area contributed by atoms with Crippen molar-refractivity contribution in [3.63, 3.8) is 0 Å². The molecule has 33 heavy (non-hydrogen) atoms. The van der Waals surface area contributed by atoms with Crippen molar-refractivity contribution in [2.75, 3.05) is 18.0 Å². The quantitative estimate of drug-likeness (QED) is 0.256. The highest BCUT2D eigenvalue weighted by Crippen LogP contribution is 2.33. The molecule has 0 amide bonds. The van der Waals surface area contributed by atoms with Crippen molar-refractivity contribution in [1.82, 2.24) is 0 Å². The molecule has 2 rings (SSSR count). The average molecular weight is 446 g/mol. The molecule has 4 nitrogen and oxygen atoms in total. The fourth-order valence-corrected chi connectivity index (χ4v) is 3.18. The van der Waals surface area contributed by atoms with Gasteiger partial charge in [0.25, 0.3) is 5.70 Å². The molecule has 2 aromatic rings. The minimum atomic E-state index is -4.51. The Morgan fingerprint density at radius 3 is 2.06 bits per heavy atom. The first-order valence-electron chi connectivity index (χ1n) is 10.1. The number of benzene rings is 2. The monoisotopic (exact) mass is 446 g/mol. The number of hydrogen-bond acceptors (Lipinski definition) is 2. The van der Waals surface area contributed by atoms with Gasteiger partial charge in [-0.15, -0.1) is 0 Å². The van der Waals surface area contributed by atoms with Crippen molar-refractivity contribution in [3.05, 3.63) is 112 Å². The second kappa shape index (κ2) is 11.4. The number of allylic oxidation sites excluding steroid dienone is 4. The van der Waals surface area contributed by atoms with Crippen molar-refractivity contribution in [3.8, 4) is 6.07 Å². The molecule has 0 spiro atoms. The van der Waals surface area contributed by atoms with E-state index in [1.54, 1.807) is 18.2 Å². The third-order valence-electron chi connectivity index (χ3n) is 4.90. The van der Waals surface area contributed by atoms with Crippen LogP contribution in [0.3, 0.4) is 0 Å². The van der Waals surface area contributed by atoms with E-state index in [0.717, 1.165) is 48.6 Å². The highest BCUT2D eigenvalue weighted by molar-refractivity contribution is 5.86. The first-order chi connectivity index (χ1) is 15.8. The van der Waals surface area contributed by atoms with Gasteiger partial charge in [0.2, 0.25) is 0 Å². The molecule has 0 aliphatic carbocycles. The summed E-state index contributed by atoms with van der Waals surface area (Å²) in [5, 5.41) is 9.35. The summed E-state index contributed by atoms with van der Waals surface area (Å²) in [7, 11) is 0. The van der Waals surface area contributed by atoms with Crippen LogP contribution in [-0.2, 0) is 6.18 Å². The van der Waals surface area contributed by atoms with E-state index in [2.05, 4.69) is 28.4 Å². The number of hydrogen-bond donors (Lipinski definition) is 0. The minimum absolute atomic E-state index is 0.00208. The number of anilines is 1. The van der Waals surface area contributed by atoms with E-state index in [0.29, 0.717) is 0 Å². The summed E-state index contributed by atoms with van der Waals surface area (Å²) in [5.74, 6) is 0. The van der Waals surface area contributed by atoms with Crippen molar-refractivity contribution >= 4 is 17.3 Å². The maximum atomic E-state index is 12.9. The Hall–Kier alpha value is -4.28. The Kier molecular flexibility index (Phi) is 8.61. The maximum absolute atomic E-state index is 12.9. The smallest absolute Gasteiger partial charge is 0.372 e. The van der Waals surface area contributed by atoms with Crippen LogP contribution < -0.4 is 4.90 Å². The molecular formula is C26H21F3N4. The Morgan fingerprint density at radius 2 is 1.61 bits per heavy atom. The lowest BCUT2D eigenvalue weighted by atomic mass is 9.99. The molecule has 166 valence electrons. The van der Waals surface area contributed by atoms with Gasteiger partial charge in [0.15, 0.2) is 5.70 Å². The molecule has 0 aromatic heterocycles. The van der Waals surface area contributed by atoms with Gasteiger partial charge < -0.3 is 4.90 Å². The van der Waals surface area contributed by atoms with Crippen molar-refractivity contribution in [2.24, 2.45) is 0 Å². The van der Waals surface area contributed by atoms with Crippen LogP contribution >= 0.6 is 0 Å². The van der Waals surface area contributed by atoms with Gasteiger partial charge in [-0.25, -0.2) is 15.0 Å². The average Bonchev–Trinajstić information content (AvgIpc) is 2.82. The van der Waals surface area contributed by atoms with Crippen molar-refractivity contribution < 1.29 is 13.2 Å². The fraction of sp³-hybridized carbons (Fsp3) is 0.192. The highest BCUT2D eigenvalue weighted by atomic mass is 19.4. The largest absolute Gasteiger partial charge is 0.416 e. The zero-order valence-corrected chi connectivity index (χ0v) is 18.2. The Morgan fingerprint density at radius 1 is 1.00 bits per heavy atom. The van der Waals surface area contributed by atoms with Gasteiger partial charge in [-0.1, -0.05) is 42.5 Å². The molecule has 0 fully saturated rings. The Labute approximate surface area is 191 Å². The minimum Gasteiger partial charge on any atom is -0.372 e. The summed E-state index contributed by atoms with van der Waals surface area (Å²) in [6.45, 7) is 20.7. The molecule has 0 unspecified atom stereocenters. The standard InChI is InChI=1S/C26H21F3N4/c1-5-33(6-2)22-16-10-19(11-17-22)8-7-9-23(31-3)25(24(18-30)32-4)20-12-14-21(15-13-20)26(27,28)29/h7-17H,5-6H2,1-2H3. The van der Waals surface area contributed by atoms with Crippen molar-refractivity contribution in [2.45, 2.75) is 20.0 Å². The number of alkyl halides is 3. The van der Waals surface area contributed by atoms with Crippen LogP contribution in [0.2, 0.25) is 0 Å². The molecule has 0 saturated heterocycles. The maximum Gasteiger partial charge on any atom is 0.416 e. The molecule has 0 aliphatic rings. The van der Waals surface area contributed by atoms with Crippen LogP contribution in [-0.4, -0.2) is 13.1 Å². The first-order valence-corrected chi connectivity index (χ1v) is 10.1. The van der Waals surface area contributed by atoms with Crippen LogP contribution in [0.15, 0.2) is 72.1 Å². The van der Waals surface area contributed by atoms with Gasteiger partial charge in [-0.05, 0) is 49.2 Å².